The lowest BCUT2D eigenvalue weighted by molar-refractivity contribution is 0.00578. The molecule has 4 nitrogen and oxygen atoms in total. The van der Waals surface area contributed by atoms with E-state index >= 15 is 0 Å². The molecule has 1 aromatic rings. The molecule has 0 aromatic heterocycles. The first kappa shape index (κ1) is 16.9. The third kappa shape index (κ3) is 2.94. The van der Waals surface area contributed by atoms with Crippen molar-refractivity contribution in [1.82, 2.24) is 0 Å². The molecule has 3 rings (SSSR count). The fraction of sp³-hybridized carbons (Fsp3) is 0.625. The maximum absolute atomic E-state index is 14.0. The highest BCUT2D eigenvalue weighted by Crippen LogP contribution is 2.58. The lowest BCUT2D eigenvalue weighted by atomic mass is 9.79. The lowest BCUT2D eigenvalue weighted by Gasteiger charge is -2.32. The summed E-state index contributed by atoms with van der Waals surface area (Å²) in [5, 5.41) is 0. The Bertz CT molecular complexity index is 728. The summed E-state index contributed by atoms with van der Waals surface area (Å²) in [6, 6.07) is 4.36. The molecule has 1 saturated heterocycles. The Morgan fingerprint density at radius 1 is 1.17 bits per heavy atom. The van der Waals surface area contributed by atoms with Crippen molar-refractivity contribution in [2.24, 2.45) is 0 Å². The molecule has 1 aromatic carbocycles. The van der Waals surface area contributed by atoms with Crippen LogP contribution in [-0.2, 0) is 19.1 Å². The Balaban J connectivity index is 1.76. The van der Waals surface area contributed by atoms with Crippen LogP contribution in [0.2, 0.25) is 5.82 Å². The van der Waals surface area contributed by atoms with Crippen molar-refractivity contribution in [1.29, 1.82) is 0 Å². The molecule has 23 heavy (non-hydrogen) atoms. The summed E-state index contributed by atoms with van der Waals surface area (Å²) in [5.74, 6) is -0.364. The van der Waals surface area contributed by atoms with E-state index in [1.54, 1.807) is 6.07 Å². The number of halogens is 1. The minimum atomic E-state index is -3.54. The van der Waals surface area contributed by atoms with Gasteiger partial charge in [0.25, 0.3) is 0 Å². The van der Waals surface area contributed by atoms with E-state index in [2.05, 4.69) is 0 Å². The first-order valence-electron chi connectivity index (χ1n) is 7.77. The smallest absolute Gasteiger partial charge is 0.403 e. The van der Waals surface area contributed by atoms with Gasteiger partial charge in [0.2, 0.25) is 0 Å². The third-order valence-electron chi connectivity index (χ3n) is 5.24. The summed E-state index contributed by atoms with van der Waals surface area (Å²) in [6.45, 7) is 8.02. The highest BCUT2D eigenvalue weighted by Gasteiger charge is 2.59. The van der Waals surface area contributed by atoms with E-state index in [4.69, 9.17) is 9.31 Å². The number of hydrogen-bond donors (Lipinski definition) is 0. The second kappa shape index (κ2) is 5.04. The average Bonchev–Trinajstić information content (AvgIpc) is 3.11. The monoisotopic (exact) mass is 340 g/mol. The lowest BCUT2D eigenvalue weighted by Crippen LogP contribution is -2.41. The van der Waals surface area contributed by atoms with Crippen LogP contribution in [0, 0.1) is 5.82 Å². The van der Waals surface area contributed by atoms with E-state index in [0.717, 1.165) is 18.2 Å². The molecule has 1 aliphatic carbocycles. The standard InChI is InChI=1S/C16H22BFO4S/c1-15(2)16(3,4)22-17(21-15)12-9-11(12)10-6-7-14(13(18)8-10)23(5,19)20/h6-8,11-12H,9H2,1-5H3. The van der Waals surface area contributed by atoms with E-state index < -0.39 is 15.7 Å². The Morgan fingerprint density at radius 3 is 2.22 bits per heavy atom. The minimum Gasteiger partial charge on any atom is -0.403 e. The van der Waals surface area contributed by atoms with Crippen LogP contribution in [0.15, 0.2) is 23.1 Å². The summed E-state index contributed by atoms with van der Waals surface area (Å²) >= 11 is 0. The molecule has 0 bridgehead atoms. The molecule has 2 unspecified atom stereocenters. The Morgan fingerprint density at radius 2 is 1.74 bits per heavy atom. The summed E-state index contributed by atoms with van der Waals surface area (Å²) in [7, 11) is -3.84. The molecule has 1 aliphatic heterocycles. The normalized spacial score (nSPS) is 28.9. The fourth-order valence-electron chi connectivity index (χ4n) is 3.01. The molecule has 2 fully saturated rings. The van der Waals surface area contributed by atoms with Crippen molar-refractivity contribution in [3.05, 3.63) is 29.6 Å². The van der Waals surface area contributed by atoms with Crippen LogP contribution >= 0.6 is 0 Å². The topological polar surface area (TPSA) is 52.6 Å². The maximum atomic E-state index is 14.0. The molecule has 0 amide bonds. The van der Waals surface area contributed by atoms with Crippen LogP contribution in [0.3, 0.4) is 0 Å². The first-order chi connectivity index (χ1) is 10.4. The molecular formula is C16H22BFO4S. The van der Waals surface area contributed by atoms with Crippen molar-refractivity contribution in [3.8, 4) is 0 Å². The Kier molecular flexibility index (Phi) is 3.71. The zero-order chi connectivity index (χ0) is 17.2. The predicted octanol–water partition coefficient (Wildman–Crippen LogP) is 3.18. The number of hydrogen-bond acceptors (Lipinski definition) is 4. The molecule has 1 saturated carbocycles. The van der Waals surface area contributed by atoms with Gasteiger partial charge in [0.05, 0.1) is 11.2 Å². The van der Waals surface area contributed by atoms with Crippen LogP contribution in [0.1, 0.15) is 45.6 Å². The molecule has 1 heterocycles. The van der Waals surface area contributed by atoms with Crippen molar-refractivity contribution >= 4 is 17.0 Å². The summed E-state index contributed by atoms with van der Waals surface area (Å²) in [5.41, 5.74) is 0.0430. The van der Waals surface area contributed by atoms with Crippen molar-refractivity contribution in [3.63, 3.8) is 0 Å². The summed E-state index contributed by atoms with van der Waals surface area (Å²) in [4.78, 5) is -0.255. The van der Waals surface area contributed by atoms with E-state index in [0.29, 0.717) is 0 Å². The molecule has 0 spiro atoms. The highest BCUT2D eigenvalue weighted by atomic mass is 32.2. The summed E-state index contributed by atoms with van der Waals surface area (Å²) in [6.07, 6.45) is 1.86. The largest absolute Gasteiger partial charge is 0.461 e. The summed E-state index contributed by atoms with van der Waals surface area (Å²) < 4.78 is 49.1. The fourth-order valence-corrected chi connectivity index (χ4v) is 3.74. The van der Waals surface area contributed by atoms with Gasteiger partial charge in [-0.05, 0) is 57.7 Å². The molecule has 0 N–H and O–H groups in total. The van der Waals surface area contributed by atoms with Gasteiger partial charge in [0.15, 0.2) is 9.84 Å². The zero-order valence-corrected chi connectivity index (χ0v) is 14.9. The third-order valence-corrected chi connectivity index (χ3v) is 6.37. The predicted molar refractivity (Wildman–Crippen MR) is 86.7 cm³/mol. The zero-order valence-electron chi connectivity index (χ0n) is 14.1. The molecule has 7 heteroatoms. The van der Waals surface area contributed by atoms with Crippen LogP contribution in [-0.4, -0.2) is 33.0 Å². The van der Waals surface area contributed by atoms with Crippen molar-refractivity contribution < 1.29 is 22.1 Å². The van der Waals surface area contributed by atoms with Gasteiger partial charge in [-0.1, -0.05) is 6.07 Å². The molecule has 2 atom stereocenters. The molecule has 126 valence electrons. The molecular weight excluding hydrogens is 318 g/mol. The van der Waals surface area contributed by atoms with Crippen LogP contribution in [0.25, 0.3) is 0 Å². The van der Waals surface area contributed by atoms with Crippen molar-refractivity contribution in [2.75, 3.05) is 6.26 Å². The highest BCUT2D eigenvalue weighted by molar-refractivity contribution is 7.90. The van der Waals surface area contributed by atoms with Gasteiger partial charge in [-0.2, -0.15) is 0 Å². The maximum Gasteiger partial charge on any atom is 0.461 e. The minimum absolute atomic E-state index is 0.146. The van der Waals surface area contributed by atoms with Crippen molar-refractivity contribution in [2.45, 2.75) is 61.9 Å². The van der Waals surface area contributed by atoms with Crippen LogP contribution in [0.4, 0.5) is 4.39 Å². The van der Waals surface area contributed by atoms with E-state index in [1.165, 1.54) is 12.1 Å². The van der Waals surface area contributed by atoms with Gasteiger partial charge >= 0.3 is 7.12 Å². The average molecular weight is 340 g/mol. The van der Waals surface area contributed by atoms with Crippen LogP contribution < -0.4 is 0 Å². The Hall–Kier alpha value is -0.915. The quantitative estimate of drug-likeness (QED) is 0.793. The first-order valence-corrected chi connectivity index (χ1v) is 9.67. The van der Waals surface area contributed by atoms with Gasteiger partial charge in [-0.3, -0.25) is 0 Å². The van der Waals surface area contributed by atoms with Gasteiger partial charge in [-0.25, -0.2) is 12.8 Å². The van der Waals surface area contributed by atoms with E-state index in [9.17, 15) is 12.8 Å². The van der Waals surface area contributed by atoms with Gasteiger partial charge in [-0.15, -0.1) is 0 Å². The number of benzene rings is 1. The number of sulfone groups is 1. The Labute approximate surface area is 137 Å². The SMILES string of the molecule is CC1(C)OB(C2CC2c2ccc(S(C)(=O)=O)c(F)c2)OC1(C)C. The van der Waals surface area contributed by atoms with Gasteiger partial charge in [0.1, 0.15) is 10.7 Å². The van der Waals surface area contributed by atoms with Gasteiger partial charge in [0, 0.05) is 12.1 Å². The molecule has 2 aliphatic rings. The molecule has 0 radical (unpaired) electrons. The number of rotatable bonds is 3. The van der Waals surface area contributed by atoms with E-state index in [1.807, 2.05) is 27.7 Å². The van der Waals surface area contributed by atoms with Crippen LogP contribution in [0.5, 0.6) is 0 Å². The second-order valence-corrected chi connectivity index (χ2v) is 9.58. The second-order valence-electron chi connectivity index (χ2n) is 7.59. The van der Waals surface area contributed by atoms with Gasteiger partial charge < -0.3 is 9.31 Å². The van der Waals surface area contributed by atoms with E-state index in [-0.39, 0.29) is 35.0 Å².